The van der Waals surface area contributed by atoms with Gasteiger partial charge in [-0.25, -0.2) is 5.10 Å². The van der Waals surface area contributed by atoms with Crippen molar-refractivity contribution in [2.45, 2.75) is 50.5 Å². The summed E-state index contributed by atoms with van der Waals surface area (Å²) in [5.74, 6) is 0.195. The zero-order valence-corrected chi connectivity index (χ0v) is 17.5. The van der Waals surface area contributed by atoms with Gasteiger partial charge in [0, 0.05) is 17.9 Å². The maximum atomic E-state index is 13.4. The molecule has 0 bridgehead atoms. The van der Waals surface area contributed by atoms with Crippen LogP contribution in [-0.2, 0) is 24.1 Å². The maximum absolute atomic E-state index is 13.4. The highest BCUT2D eigenvalue weighted by Crippen LogP contribution is 2.40. The number of hydrogen-bond acceptors (Lipinski definition) is 3. The third-order valence-electron chi connectivity index (χ3n) is 6.82. The van der Waals surface area contributed by atoms with E-state index < -0.39 is 0 Å². The Morgan fingerprint density at radius 2 is 1.81 bits per heavy atom. The summed E-state index contributed by atoms with van der Waals surface area (Å²) in [4.78, 5) is 25.1. The fourth-order valence-corrected chi connectivity index (χ4v) is 5.25. The molecule has 3 aromatic rings. The Bertz CT molecular complexity index is 1140. The van der Waals surface area contributed by atoms with Gasteiger partial charge in [0.25, 0.3) is 5.56 Å². The zero-order chi connectivity index (χ0) is 21.2. The van der Waals surface area contributed by atoms with Gasteiger partial charge in [-0.05, 0) is 60.8 Å². The van der Waals surface area contributed by atoms with Crippen LogP contribution < -0.4 is 10.9 Å². The lowest BCUT2D eigenvalue weighted by Gasteiger charge is -2.34. The van der Waals surface area contributed by atoms with Crippen LogP contribution in [0, 0.1) is 5.92 Å². The highest BCUT2D eigenvalue weighted by atomic mass is 16.2. The standard InChI is InChI=1S/C26H27N3O2/c30-24-16-20-15-19(13-14-23(20)28-29-24)26(31)27-25(18-8-2-1-3-9-18)22-12-6-10-17-7-4-5-11-21(17)22/h1-5,7-9,11,16,19,22,25H,6,10,12-15H2,(H,27,31)(H,29,30). The van der Waals surface area contributed by atoms with Gasteiger partial charge in [-0.1, -0.05) is 54.6 Å². The van der Waals surface area contributed by atoms with Gasteiger partial charge in [-0.15, -0.1) is 0 Å². The van der Waals surface area contributed by atoms with E-state index in [4.69, 9.17) is 0 Å². The monoisotopic (exact) mass is 413 g/mol. The third kappa shape index (κ3) is 4.05. The number of carbonyl (C=O) groups is 1. The van der Waals surface area contributed by atoms with Crippen molar-refractivity contribution in [3.8, 4) is 0 Å². The van der Waals surface area contributed by atoms with Crippen molar-refractivity contribution >= 4 is 5.91 Å². The second-order valence-electron chi connectivity index (χ2n) is 8.74. The van der Waals surface area contributed by atoms with Gasteiger partial charge in [0.2, 0.25) is 5.91 Å². The Balaban J connectivity index is 1.42. The van der Waals surface area contributed by atoms with Crippen molar-refractivity contribution in [3.63, 3.8) is 0 Å². The minimum absolute atomic E-state index is 0.0613. The molecular weight excluding hydrogens is 386 g/mol. The number of nitrogens with one attached hydrogen (secondary N) is 2. The molecule has 0 saturated heterocycles. The quantitative estimate of drug-likeness (QED) is 0.682. The Morgan fingerprint density at radius 3 is 2.68 bits per heavy atom. The van der Waals surface area contributed by atoms with Gasteiger partial charge in [0.15, 0.2) is 0 Å². The summed E-state index contributed by atoms with van der Waals surface area (Å²) >= 11 is 0. The molecule has 2 N–H and O–H groups in total. The number of aryl methyl sites for hydroxylation is 2. The summed E-state index contributed by atoms with van der Waals surface area (Å²) in [5.41, 5.74) is 5.49. The van der Waals surface area contributed by atoms with Crippen molar-refractivity contribution in [2.75, 3.05) is 0 Å². The molecule has 0 radical (unpaired) electrons. The first-order valence-corrected chi connectivity index (χ1v) is 11.2. The number of H-pyrrole nitrogens is 1. The lowest BCUT2D eigenvalue weighted by molar-refractivity contribution is -0.126. The van der Waals surface area contributed by atoms with Crippen molar-refractivity contribution < 1.29 is 4.79 Å². The predicted molar refractivity (Wildman–Crippen MR) is 120 cm³/mol. The van der Waals surface area contributed by atoms with E-state index in [0.717, 1.165) is 42.5 Å². The smallest absolute Gasteiger partial charge is 0.264 e. The molecule has 2 aliphatic carbocycles. The Hall–Kier alpha value is -3.21. The molecule has 0 saturated carbocycles. The van der Waals surface area contributed by atoms with Gasteiger partial charge in [-0.2, -0.15) is 5.10 Å². The first-order chi connectivity index (χ1) is 15.2. The van der Waals surface area contributed by atoms with Crippen LogP contribution >= 0.6 is 0 Å². The number of aromatic amines is 1. The van der Waals surface area contributed by atoms with E-state index in [1.54, 1.807) is 6.07 Å². The highest BCUT2D eigenvalue weighted by molar-refractivity contribution is 5.80. The first kappa shape index (κ1) is 19.7. The van der Waals surface area contributed by atoms with E-state index in [1.165, 1.54) is 11.1 Å². The number of rotatable bonds is 4. The molecule has 0 aliphatic heterocycles. The number of fused-ring (bicyclic) bond motifs is 2. The molecule has 1 aromatic heterocycles. The second-order valence-corrected chi connectivity index (χ2v) is 8.74. The van der Waals surface area contributed by atoms with Gasteiger partial charge in [0.05, 0.1) is 11.7 Å². The van der Waals surface area contributed by atoms with Crippen molar-refractivity contribution in [1.82, 2.24) is 15.5 Å². The van der Waals surface area contributed by atoms with Crippen LogP contribution in [-0.4, -0.2) is 16.1 Å². The van der Waals surface area contributed by atoms with E-state index in [2.05, 4.69) is 51.9 Å². The van der Waals surface area contributed by atoms with E-state index in [1.807, 2.05) is 18.2 Å². The summed E-state index contributed by atoms with van der Waals surface area (Å²) in [6.45, 7) is 0. The Labute approximate surface area is 181 Å². The number of hydrogen-bond donors (Lipinski definition) is 2. The molecule has 2 aliphatic rings. The van der Waals surface area contributed by atoms with Crippen LogP contribution in [0.25, 0.3) is 0 Å². The fourth-order valence-electron chi connectivity index (χ4n) is 5.25. The molecule has 0 fully saturated rings. The van der Waals surface area contributed by atoms with Crippen molar-refractivity contribution in [2.24, 2.45) is 5.92 Å². The average Bonchev–Trinajstić information content (AvgIpc) is 2.82. The molecule has 3 unspecified atom stereocenters. The molecule has 158 valence electrons. The molecule has 0 spiro atoms. The van der Waals surface area contributed by atoms with Crippen LogP contribution in [0.1, 0.15) is 59.2 Å². The third-order valence-corrected chi connectivity index (χ3v) is 6.82. The minimum atomic E-state index is -0.208. The summed E-state index contributed by atoms with van der Waals surface area (Å²) in [6, 6.07) is 20.5. The molecule has 5 heteroatoms. The van der Waals surface area contributed by atoms with Gasteiger partial charge < -0.3 is 5.32 Å². The molecule has 5 rings (SSSR count). The summed E-state index contributed by atoms with van der Waals surface area (Å²) < 4.78 is 0. The van der Waals surface area contributed by atoms with Gasteiger partial charge in [0.1, 0.15) is 0 Å². The molecule has 2 aromatic carbocycles. The molecule has 31 heavy (non-hydrogen) atoms. The Kier molecular flexibility index (Phi) is 5.41. The molecular formula is C26H27N3O2. The van der Waals surface area contributed by atoms with Gasteiger partial charge >= 0.3 is 0 Å². The molecule has 5 nitrogen and oxygen atoms in total. The highest BCUT2D eigenvalue weighted by Gasteiger charge is 2.33. The maximum Gasteiger partial charge on any atom is 0.264 e. The van der Waals surface area contributed by atoms with Gasteiger partial charge in [-0.3, -0.25) is 9.59 Å². The normalized spacial score (nSPS) is 20.9. The van der Waals surface area contributed by atoms with Crippen LogP contribution in [0.2, 0.25) is 0 Å². The number of carbonyl (C=O) groups excluding carboxylic acids is 1. The summed E-state index contributed by atoms with van der Waals surface area (Å²) in [6.07, 6.45) is 5.33. The lowest BCUT2D eigenvalue weighted by atomic mass is 9.76. The molecule has 1 amide bonds. The van der Waals surface area contributed by atoms with E-state index in [-0.39, 0.29) is 29.3 Å². The largest absolute Gasteiger partial charge is 0.348 e. The number of amides is 1. The van der Waals surface area contributed by atoms with E-state index in [9.17, 15) is 9.59 Å². The summed E-state index contributed by atoms with van der Waals surface area (Å²) in [7, 11) is 0. The van der Waals surface area contributed by atoms with Crippen molar-refractivity contribution in [1.29, 1.82) is 0 Å². The van der Waals surface area contributed by atoms with E-state index in [0.29, 0.717) is 12.8 Å². The number of benzene rings is 2. The lowest BCUT2D eigenvalue weighted by Crippen LogP contribution is -2.39. The number of nitrogens with zero attached hydrogens (tertiary/aromatic N) is 1. The van der Waals surface area contributed by atoms with Crippen molar-refractivity contribution in [3.05, 3.63) is 99.0 Å². The first-order valence-electron chi connectivity index (χ1n) is 11.2. The average molecular weight is 414 g/mol. The fraction of sp³-hybridized carbons (Fsp3) is 0.346. The zero-order valence-electron chi connectivity index (χ0n) is 17.5. The molecule has 3 atom stereocenters. The number of aromatic nitrogens is 2. The van der Waals surface area contributed by atoms with Crippen LogP contribution in [0.15, 0.2) is 65.5 Å². The van der Waals surface area contributed by atoms with E-state index >= 15 is 0 Å². The van der Waals surface area contributed by atoms with Crippen LogP contribution in [0.3, 0.4) is 0 Å². The Morgan fingerprint density at radius 1 is 1.00 bits per heavy atom. The minimum Gasteiger partial charge on any atom is -0.348 e. The summed E-state index contributed by atoms with van der Waals surface area (Å²) in [5, 5.41) is 10.1. The topological polar surface area (TPSA) is 74.8 Å². The molecule has 1 heterocycles. The van der Waals surface area contributed by atoms with Crippen LogP contribution in [0.4, 0.5) is 0 Å². The SMILES string of the molecule is O=C(NC(c1ccccc1)C1CCCc2ccccc21)C1CCc2n[nH]c(=O)cc2C1. The van der Waals surface area contributed by atoms with Crippen LogP contribution in [0.5, 0.6) is 0 Å². The second kappa shape index (κ2) is 8.50. The predicted octanol–water partition coefficient (Wildman–Crippen LogP) is 3.85.